The first kappa shape index (κ1) is 21.1. The molecule has 0 unspecified atom stereocenters. The van der Waals surface area contributed by atoms with E-state index in [1.807, 2.05) is 32.9 Å². The second-order valence-electron chi connectivity index (χ2n) is 9.69. The lowest BCUT2D eigenvalue weighted by molar-refractivity contribution is -0.124. The SMILES string of the molecule is CC(C)(C)OC(=O)N1CCC2(CC1)C(=O)N(C(=O)OC(C)(C)C)c1ccccc12. The van der Waals surface area contributed by atoms with Gasteiger partial charge in [0.25, 0.3) is 0 Å². The summed E-state index contributed by atoms with van der Waals surface area (Å²) in [6.07, 6.45) is -0.181. The molecule has 0 atom stereocenters. The van der Waals surface area contributed by atoms with Crippen LogP contribution in [0.3, 0.4) is 0 Å². The zero-order valence-electron chi connectivity index (χ0n) is 18.1. The number of ether oxygens (including phenoxy) is 2. The number of fused-ring (bicyclic) bond motifs is 2. The van der Waals surface area contributed by atoms with Crippen molar-refractivity contribution in [2.24, 2.45) is 0 Å². The molecule has 3 rings (SSSR count). The third-order valence-corrected chi connectivity index (χ3v) is 5.12. The second kappa shape index (κ2) is 7.04. The minimum absolute atomic E-state index is 0.281. The van der Waals surface area contributed by atoms with E-state index in [4.69, 9.17) is 9.47 Å². The lowest BCUT2D eigenvalue weighted by Crippen LogP contribution is -2.52. The highest BCUT2D eigenvalue weighted by atomic mass is 16.6. The number of anilines is 1. The summed E-state index contributed by atoms with van der Waals surface area (Å²) in [5.41, 5.74) is -0.721. The Hall–Kier alpha value is -2.57. The maximum absolute atomic E-state index is 13.5. The Kier molecular flexibility index (Phi) is 5.13. The number of benzene rings is 1. The van der Waals surface area contributed by atoms with Crippen LogP contribution in [0.15, 0.2) is 24.3 Å². The molecule has 1 saturated heterocycles. The lowest BCUT2D eigenvalue weighted by Gasteiger charge is -2.38. The third kappa shape index (κ3) is 4.09. The Bertz CT molecular complexity index is 826. The van der Waals surface area contributed by atoms with E-state index in [1.165, 1.54) is 0 Å². The van der Waals surface area contributed by atoms with Gasteiger partial charge in [-0.15, -0.1) is 0 Å². The molecule has 0 bridgehead atoms. The molecule has 2 aliphatic heterocycles. The molecule has 1 spiro atoms. The number of rotatable bonds is 0. The number of likely N-dealkylation sites (tertiary alicyclic amines) is 1. The predicted molar refractivity (Wildman–Crippen MR) is 109 cm³/mol. The highest BCUT2D eigenvalue weighted by molar-refractivity contribution is 6.21. The first-order valence-electron chi connectivity index (χ1n) is 9.99. The molecule has 1 aromatic carbocycles. The molecular formula is C22H30N2O5. The Morgan fingerprint density at radius 1 is 0.897 bits per heavy atom. The average molecular weight is 402 g/mol. The summed E-state index contributed by atoms with van der Waals surface area (Å²) in [4.78, 5) is 41.4. The molecule has 0 radical (unpaired) electrons. The van der Waals surface area contributed by atoms with Crippen LogP contribution in [0.1, 0.15) is 59.9 Å². The average Bonchev–Trinajstić information content (AvgIpc) is 2.82. The number of carbonyl (C=O) groups excluding carboxylic acids is 3. The van der Waals surface area contributed by atoms with Crippen LogP contribution in [0.25, 0.3) is 0 Å². The Labute approximate surface area is 171 Å². The molecular weight excluding hydrogens is 372 g/mol. The van der Waals surface area contributed by atoms with Gasteiger partial charge in [-0.2, -0.15) is 0 Å². The van der Waals surface area contributed by atoms with Crippen LogP contribution in [0.4, 0.5) is 15.3 Å². The maximum Gasteiger partial charge on any atom is 0.421 e. The number of piperidine rings is 1. The molecule has 0 saturated carbocycles. The van der Waals surface area contributed by atoms with Gasteiger partial charge in [-0.05, 0) is 66.0 Å². The molecule has 0 N–H and O–H groups in total. The van der Waals surface area contributed by atoms with Crippen LogP contribution in [0.2, 0.25) is 0 Å². The first-order chi connectivity index (χ1) is 13.3. The van der Waals surface area contributed by atoms with Crippen molar-refractivity contribution < 1.29 is 23.9 Å². The third-order valence-electron chi connectivity index (χ3n) is 5.12. The fourth-order valence-electron chi connectivity index (χ4n) is 3.88. The van der Waals surface area contributed by atoms with Gasteiger partial charge in [-0.25, -0.2) is 14.5 Å². The number of imide groups is 1. The zero-order valence-corrected chi connectivity index (χ0v) is 18.1. The minimum atomic E-state index is -0.827. The summed E-state index contributed by atoms with van der Waals surface area (Å²) in [6, 6.07) is 7.33. The van der Waals surface area contributed by atoms with E-state index in [9.17, 15) is 14.4 Å². The topological polar surface area (TPSA) is 76.2 Å². The van der Waals surface area contributed by atoms with Crippen molar-refractivity contribution in [1.29, 1.82) is 0 Å². The number of amides is 3. The van der Waals surface area contributed by atoms with Crippen molar-refractivity contribution in [2.75, 3.05) is 18.0 Å². The van der Waals surface area contributed by atoms with Crippen LogP contribution in [-0.4, -0.2) is 47.3 Å². The van der Waals surface area contributed by atoms with E-state index in [0.29, 0.717) is 31.6 Å². The first-order valence-corrected chi connectivity index (χ1v) is 9.99. The van der Waals surface area contributed by atoms with E-state index in [2.05, 4.69) is 0 Å². The fourth-order valence-corrected chi connectivity index (χ4v) is 3.88. The Morgan fingerprint density at radius 3 is 1.97 bits per heavy atom. The van der Waals surface area contributed by atoms with Gasteiger partial charge in [0.2, 0.25) is 5.91 Å². The Morgan fingerprint density at radius 2 is 1.41 bits per heavy atom. The van der Waals surface area contributed by atoms with Crippen molar-refractivity contribution in [3.8, 4) is 0 Å². The fraction of sp³-hybridized carbons (Fsp3) is 0.591. The molecule has 2 aliphatic rings. The molecule has 158 valence electrons. The summed E-state index contributed by atoms with van der Waals surface area (Å²) in [6.45, 7) is 11.6. The molecule has 29 heavy (non-hydrogen) atoms. The van der Waals surface area contributed by atoms with Gasteiger partial charge in [0.05, 0.1) is 11.1 Å². The number of para-hydroxylation sites is 1. The van der Waals surface area contributed by atoms with Gasteiger partial charge in [0.15, 0.2) is 0 Å². The summed E-state index contributed by atoms with van der Waals surface area (Å²) in [5, 5.41) is 0. The van der Waals surface area contributed by atoms with Gasteiger partial charge < -0.3 is 14.4 Å². The number of hydrogen-bond donors (Lipinski definition) is 0. The zero-order chi connectivity index (χ0) is 21.6. The van der Waals surface area contributed by atoms with Crippen molar-refractivity contribution in [2.45, 2.75) is 71.0 Å². The Balaban J connectivity index is 1.85. The van der Waals surface area contributed by atoms with E-state index in [-0.39, 0.29) is 12.0 Å². The van der Waals surface area contributed by atoms with Gasteiger partial charge in [0, 0.05) is 13.1 Å². The highest BCUT2D eigenvalue weighted by Gasteiger charge is 2.55. The highest BCUT2D eigenvalue weighted by Crippen LogP contribution is 2.48. The summed E-state index contributed by atoms with van der Waals surface area (Å²) >= 11 is 0. The number of hydrogen-bond acceptors (Lipinski definition) is 5. The van der Waals surface area contributed by atoms with Crippen LogP contribution in [0, 0.1) is 0 Å². The molecule has 7 nitrogen and oxygen atoms in total. The maximum atomic E-state index is 13.5. The summed E-state index contributed by atoms with van der Waals surface area (Å²) < 4.78 is 10.9. The smallest absolute Gasteiger partial charge is 0.421 e. The lowest BCUT2D eigenvalue weighted by atomic mass is 9.74. The summed E-state index contributed by atoms with van der Waals surface area (Å²) in [5.74, 6) is -0.281. The van der Waals surface area contributed by atoms with Gasteiger partial charge >= 0.3 is 12.2 Å². The normalized spacial score (nSPS) is 18.6. The van der Waals surface area contributed by atoms with Crippen LogP contribution in [0.5, 0.6) is 0 Å². The molecule has 1 aromatic rings. The number of carbonyl (C=O) groups is 3. The molecule has 2 heterocycles. The van der Waals surface area contributed by atoms with Gasteiger partial charge in [-0.3, -0.25) is 4.79 Å². The van der Waals surface area contributed by atoms with Crippen molar-refractivity contribution in [3.05, 3.63) is 29.8 Å². The van der Waals surface area contributed by atoms with E-state index in [0.717, 1.165) is 10.5 Å². The van der Waals surface area contributed by atoms with Crippen LogP contribution < -0.4 is 4.90 Å². The van der Waals surface area contributed by atoms with Crippen LogP contribution in [-0.2, 0) is 19.7 Å². The van der Waals surface area contributed by atoms with Crippen molar-refractivity contribution >= 4 is 23.8 Å². The second-order valence-corrected chi connectivity index (χ2v) is 9.69. The molecule has 0 aliphatic carbocycles. The monoisotopic (exact) mass is 402 g/mol. The quantitative estimate of drug-likeness (QED) is 0.649. The van der Waals surface area contributed by atoms with Crippen molar-refractivity contribution in [3.63, 3.8) is 0 Å². The van der Waals surface area contributed by atoms with E-state index < -0.39 is 22.7 Å². The molecule has 1 fully saturated rings. The molecule has 3 amide bonds. The summed E-state index contributed by atoms with van der Waals surface area (Å²) in [7, 11) is 0. The minimum Gasteiger partial charge on any atom is -0.444 e. The van der Waals surface area contributed by atoms with Crippen LogP contribution >= 0.6 is 0 Å². The van der Waals surface area contributed by atoms with E-state index in [1.54, 1.807) is 37.8 Å². The van der Waals surface area contributed by atoms with Gasteiger partial charge in [-0.1, -0.05) is 18.2 Å². The number of nitrogens with zero attached hydrogens (tertiary/aromatic N) is 2. The molecule has 7 heteroatoms. The van der Waals surface area contributed by atoms with Crippen molar-refractivity contribution in [1.82, 2.24) is 4.90 Å². The molecule has 0 aromatic heterocycles. The standard InChI is InChI=1S/C22H30N2O5/c1-20(2,3)28-18(26)23-13-11-22(12-14-23)15-9-7-8-10-16(15)24(17(22)25)19(27)29-21(4,5)6/h7-10H,11-14H2,1-6H3. The largest absolute Gasteiger partial charge is 0.444 e. The van der Waals surface area contributed by atoms with E-state index >= 15 is 0 Å². The van der Waals surface area contributed by atoms with Gasteiger partial charge in [0.1, 0.15) is 11.2 Å². The predicted octanol–water partition coefficient (Wildman–Crippen LogP) is 4.24.